The van der Waals surface area contributed by atoms with Gasteiger partial charge in [0, 0.05) is 18.8 Å². The summed E-state index contributed by atoms with van der Waals surface area (Å²) in [5, 5.41) is 2.77. The third-order valence-electron chi connectivity index (χ3n) is 3.39. The molecule has 1 fully saturated rings. The molecule has 1 aliphatic rings. The standard InChI is InChI=1S/C15H20N2O3S/c16-15(21)12-3-1-2-4-13(12)17-14(18)10-20-9-11-5-7-19-8-6-11/h1-4,11H,5-10H2,(H2,16,21)(H,17,18). The Balaban J connectivity index is 1.78. The van der Waals surface area contributed by atoms with E-state index in [1.807, 2.05) is 12.1 Å². The van der Waals surface area contributed by atoms with Crippen LogP contribution in [0.25, 0.3) is 0 Å². The highest BCUT2D eigenvalue weighted by Gasteiger charge is 2.15. The van der Waals surface area contributed by atoms with Crippen LogP contribution >= 0.6 is 12.2 Å². The van der Waals surface area contributed by atoms with E-state index in [4.69, 9.17) is 27.4 Å². The molecule has 114 valence electrons. The minimum Gasteiger partial charge on any atom is -0.389 e. The summed E-state index contributed by atoms with van der Waals surface area (Å²) in [6.07, 6.45) is 1.98. The highest BCUT2D eigenvalue weighted by atomic mass is 32.1. The second-order valence-corrected chi connectivity index (χ2v) is 5.47. The summed E-state index contributed by atoms with van der Waals surface area (Å²) in [5.41, 5.74) is 6.90. The molecule has 5 nitrogen and oxygen atoms in total. The fourth-order valence-corrected chi connectivity index (χ4v) is 2.40. The fourth-order valence-electron chi connectivity index (χ4n) is 2.22. The minimum absolute atomic E-state index is 0.0308. The molecular weight excluding hydrogens is 288 g/mol. The number of carbonyl (C=O) groups excluding carboxylic acids is 1. The molecule has 2 rings (SSSR count). The van der Waals surface area contributed by atoms with E-state index >= 15 is 0 Å². The van der Waals surface area contributed by atoms with E-state index in [0.29, 0.717) is 23.8 Å². The Morgan fingerprint density at radius 2 is 2.10 bits per heavy atom. The normalized spacial score (nSPS) is 15.6. The first-order valence-electron chi connectivity index (χ1n) is 7.01. The molecule has 0 saturated carbocycles. The van der Waals surface area contributed by atoms with Gasteiger partial charge in [-0.15, -0.1) is 0 Å². The summed E-state index contributed by atoms with van der Waals surface area (Å²) >= 11 is 4.96. The van der Waals surface area contributed by atoms with Gasteiger partial charge in [-0.25, -0.2) is 0 Å². The minimum atomic E-state index is -0.203. The predicted octanol–water partition coefficient (Wildman–Crippen LogP) is 1.70. The van der Waals surface area contributed by atoms with Crippen LogP contribution in [0.4, 0.5) is 5.69 Å². The highest BCUT2D eigenvalue weighted by Crippen LogP contribution is 2.16. The monoisotopic (exact) mass is 308 g/mol. The molecule has 0 unspecified atom stereocenters. The van der Waals surface area contributed by atoms with Gasteiger partial charge in [-0.2, -0.15) is 0 Å². The molecule has 3 N–H and O–H groups in total. The van der Waals surface area contributed by atoms with E-state index in [1.165, 1.54) is 0 Å². The van der Waals surface area contributed by atoms with Crippen molar-refractivity contribution in [2.75, 3.05) is 31.7 Å². The molecule has 0 aliphatic carbocycles. The van der Waals surface area contributed by atoms with Gasteiger partial charge in [0.15, 0.2) is 0 Å². The second-order valence-electron chi connectivity index (χ2n) is 5.03. The lowest BCUT2D eigenvalue weighted by Gasteiger charge is -2.21. The second kappa shape index (κ2) is 8.07. The van der Waals surface area contributed by atoms with E-state index in [0.717, 1.165) is 26.1 Å². The lowest BCUT2D eigenvalue weighted by Crippen LogP contribution is -2.25. The molecule has 1 saturated heterocycles. The molecule has 1 amide bonds. The number of thiocarbonyl (C=S) groups is 1. The molecular formula is C15H20N2O3S. The van der Waals surface area contributed by atoms with Gasteiger partial charge in [0.05, 0.1) is 12.3 Å². The Hall–Kier alpha value is -1.50. The van der Waals surface area contributed by atoms with Crippen LogP contribution in [0, 0.1) is 5.92 Å². The van der Waals surface area contributed by atoms with Crippen molar-refractivity contribution < 1.29 is 14.3 Å². The maximum Gasteiger partial charge on any atom is 0.250 e. The lowest BCUT2D eigenvalue weighted by molar-refractivity contribution is -0.121. The zero-order valence-electron chi connectivity index (χ0n) is 11.8. The maximum absolute atomic E-state index is 11.9. The lowest BCUT2D eigenvalue weighted by atomic mass is 10.0. The van der Waals surface area contributed by atoms with E-state index < -0.39 is 0 Å². The number of para-hydroxylation sites is 1. The Bertz CT molecular complexity index is 501. The first-order valence-corrected chi connectivity index (χ1v) is 7.42. The van der Waals surface area contributed by atoms with E-state index in [1.54, 1.807) is 12.1 Å². The quantitative estimate of drug-likeness (QED) is 0.783. The van der Waals surface area contributed by atoms with Crippen molar-refractivity contribution in [3.63, 3.8) is 0 Å². The summed E-state index contributed by atoms with van der Waals surface area (Å²) in [5.74, 6) is 0.279. The van der Waals surface area contributed by atoms with Crippen LogP contribution < -0.4 is 11.1 Å². The molecule has 0 spiro atoms. The molecule has 1 aromatic rings. The van der Waals surface area contributed by atoms with E-state index in [2.05, 4.69) is 5.32 Å². The average molecular weight is 308 g/mol. The third-order valence-corrected chi connectivity index (χ3v) is 3.61. The number of nitrogens with one attached hydrogen (secondary N) is 1. The molecule has 0 bridgehead atoms. The summed E-state index contributed by atoms with van der Waals surface area (Å²) in [4.78, 5) is 12.1. The largest absolute Gasteiger partial charge is 0.389 e. The first-order chi connectivity index (χ1) is 10.2. The first kappa shape index (κ1) is 15.9. The number of ether oxygens (including phenoxy) is 2. The van der Waals surface area contributed by atoms with Crippen LogP contribution in [0.3, 0.4) is 0 Å². The highest BCUT2D eigenvalue weighted by molar-refractivity contribution is 7.80. The van der Waals surface area contributed by atoms with E-state index in [9.17, 15) is 4.79 Å². The Kier molecular flexibility index (Phi) is 6.10. The summed E-state index contributed by atoms with van der Waals surface area (Å²) in [7, 11) is 0. The van der Waals surface area contributed by atoms with Gasteiger partial charge in [-0.3, -0.25) is 4.79 Å². The zero-order chi connectivity index (χ0) is 15.1. The smallest absolute Gasteiger partial charge is 0.250 e. The summed E-state index contributed by atoms with van der Waals surface area (Å²) in [6.45, 7) is 2.18. The fraction of sp³-hybridized carbons (Fsp3) is 0.467. The number of benzene rings is 1. The third kappa shape index (κ3) is 5.08. The number of anilines is 1. The predicted molar refractivity (Wildman–Crippen MR) is 85.3 cm³/mol. The zero-order valence-corrected chi connectivity index (χ0v) is 12.7. The number of carbonyl (C=O) groups is 1. The number of nitrogens with two attached hydrogens (primary N) is 1. The Labute approximate surface area is 129 Å². The topological polar surface area (TPSA) is 73.6 Å². The van der Waals surface area contributed by atoms with Crippen LogP contribution in [0.2, 0.25) is 0 Å². The maximum atomic E-state index is 11.9. The van der Waals surface area contributed by atoms with Crippen LogP contribution in [-0.4, -0.2) is 37.3 Å². The molecule has 1 aromatic carbocycles. The van der Waals surface area contributed by atoms with Gasteiger partial charge in [-0.05, 0) is 30.9 Å². The van der Waals surface area contributed by atoms with Crippen LogP contribution in [-0.2, 0) is 14.3 Å². The molecule has 0 radical (unpaired) electrons. The summed E-state index contributed by atoms with van der Waals surface area (Å²) < 4.78 is 10.8. The van der Waals surface area contributed by atoms with Crippen molar-refractivity contribution in [2.45, 2.75) is 12.8 Å². The molecule has 1 heterocycles. The van der Waals surface area contributed by atoms with Gasteiger partial charge in [-0.1, -0.05) is 24.4 Å². The van der Waals surface area contributed by atoms with Crippen molar-refractivity contribution in [1.82, 2.24) is 0 Å². The molecule has 1 aliphatic heterocycles. The number of hydrogen-bond acceptors (Lipinski definition) is 4. The molecule has 21 heavy (non-hydrogen) atoms. The van der Waals surface area contributed by atoms with Gasteiger partial charge < -0.3 is 20.5 Å². The van der Waals surface area contributed by atoms with Crippen molar-refractivity contribution >= 4 is 28.8 Å². The Morgan fingerprint density at radius 1 is 1.38 bits per heavy atom. The number of amides is 1. The van der Waals surface area contributed by atoms with Crippen LogP contribution in [0.15, 0.2) is 24.3 Å². The average Bonchev–Trinajstić information content (AvgIpc) is 2.48. The van der Waals surface area contributed by atoms with E-state index in [-0.39, 0.29) is 17.5 Å². The SMILES string of the molecule is NC(=S)c1ccccc1NC(=O)COCC1CCOCC1. The molecule has 0 aromatic heterocycles. The summed E-state index contributed by atoms with van der Waals surface area (Å²) in [6, 6.07) is 7.19. The van der Waals surface area contributed by atoms with Crippen LogP contribution in [0.1, 0.15) is 18.4 Å². The van der Waals surface area contributed by atoms with Gasteiger partial charge >= 0.3 is 0 Å². The van der Waals surface area contributed by atoms with Crippen molar-refractivity contribution in [2.24, 2.45) is 11.7 Å². The molecule has 6 heteroatoms. The number of hydrogen-bond donors (Lipinski definition) is 2. The Morgan fingerprint density at radius 3 is 2.81 bits per heavy atom. The number of rotatable bonds is 6. The van der Waals surface area contributed by atoms with Gasteiger partial charge in [0.1, 0.15) is 11.6 Å². The van der Waals surface area contributed by atoms with Crippen LogP contribution in [0.5, 0.6) is 0 Å². The van der Waals surface area contributed by atoms with Crippen molar-refractivity contribution in [3.8, 4) is 0 Å². The van der Waals surface area contributed by atoms with Crippen molar-refractivity contribution in [3.05, 3.63) is 29.8 Å². The molecule has 0 atom stereocenters. The van der Waals surface area contributed by atoms with Gasteiger partial charge in [0.25, 0.3) is 0 Å². The van der Waals surface area contributed by atoms with Crippen molar-refractivity contribution in [1.29, 1.82) is 0 Å². The van der Waals surface area contributed by atoms with Gasteiger partial charge in [0.2, 0.25) is 5.91 Å².